The second kappa shape index (κ2) is 6.44. The minimum atomic E-state index is -0.987. The second-order valence-corrected chi connectivity index (χ2v) is 5.12. The van der Waals surface area contributed by atoms with Crippen LogP contribution in [0.4, 0.5) is 5.69 Å². The number of benzene rings is 1. The molecule has 0 aromatic heterocycles. The monoisotopic (exact) mass is 290 g/mol. The van der Waals surface area contributed by atoms with E-state index in [4.69, 9.17) is 22.0 Å². The van der Waals surface area contributed by atoms with E-state index in [0.717, 1.165) is 30.2 Å². The highest BCUT2D eigenvalue weighted by Gasteiger charge is 2.29. The average molecular weight is 291 g/mol. The first-order valence-corrected chi connectivity index (χ1v) is 6.84. The predicted molar refractivity (Wildman–Crippen MR) is 78.7 cm³/mol. The summed E-state index contributed by atoms with van der Waals surface area (Å²) in [5.41, 5.74) is 1.66. The third-order valence-electron chi connectivity index (χ3n) is 3.15. The minimum Gasteiger partial charge on any atom is -0.478 e. The number of rotatable bonds is 6. The molecule has 1 aromatic rings. The molecule has 0 atom stereocenters. The van der Waals surface area contributed by atoms with Gasteiger partial charge in [-0.15, -0.1) is 0 Å². The number of halogens is 1. The Kier molecular flexibility index (Phi) is 4.65. The smallest absolute Gasteiger partial charge is 0.328 e. The van der Waals surface area contributed by atoms with Crippen LogP contribution in [0.3, 0.4) is 0 Å². The Bertz CT molecular complexity index is 574. The van der Waals surface area contributed by atoms with Crippen molar-refractivity contribution in [3.63, 3.8) is 0 Å². The highest BCUT2D eigenvalue weighted by Crippen LogP contribution is 2.36. The van der Waals surface area contributed by atoms with Crippen molar-refractivity contribution in [2.75, 3.05) is 11.4 Å². The predicted octanol–water partition coefficient (Wildman–Crippen LogP) is 3.32. The van der Waals surface area contributed by atoms with Crippen molar-refractivity contribution in [3.05, 3.63) is 34.9 Å². The molecule has 20 heavy (non-hydrogen) atoms. The number of aliphatic carboxylic acids is 1. The quantitative estimate of drug-likeness (QED) is 0.816. The van der Waals surface area contributed by atoms with Crippen LogP contribution in [0.1, 0.15) is 24.8 Å². The Morgan fingerprint density at radius 3 is 2.85 bits per heavy atom. The molecule has 0 bridgehead atoms. The summed E-state index contributed by atoms with van der Waals surface area (Å²) < 4.78 is 0. The first-order valence-electron chi connectivity index (χ1n) is 6.46. The first-order chi connectivity index (χ1) is 9.61. The maximum absolute atomic E-state index is 10.5. The highest BCUT2D eigenvalue weighted by atomic mass is 35.5. The van der Waals surface area contributed by atoms with Gasteiger partial charge in [0.15, 0.2) is 0 Å². The number of anilines is 1. The summed E-state index contributed by atoms with van der Waals surface area (Å²) in [5.74, 6) is -0.987. The zero-order valence-electron chi connectivity index (χ0n) is 10.9. The molecule has 0 spiro atoms. The van der Waals surface area contributed by atoms with Crippen molar-refractivity contribution in [2.24, 2.45) is 0 Å². The minimum absolute atomic E-state index is 0.466. The molecule has 0 unspecified atom stereocenters. The van der Waals surface area contributed by atoms with E-state index >= 15 is 0 Å². The van der Waals surface area contributed by atoms with Gasteiger partial charge in [-0.25, -0.2) is 4.79 Å². The molecule has 0 radical (unpaired) electrons. The fourth-order valence-corrected chi connectivity index (χ4v) is 2.38. The van der Waals surface area contributed by atoms with E-state index in [-0.39, 0.29) is 0 Å². The number of carbonyl (C=O) groups is 1. The summed E-state index contributed by atoms with van der Waals surface area (Å²) >= 11 is 6.28. The van der Waals surface area contributed by atoms with Crippen molar-refractivity contribution in [1.29, 1.82) is 5.26 Å². The number of nitrogens with zero attached hydrogens (tertiary/aromatic N) is 2. The molecule has 1 saturated carbocycles. The zero-order chi connectivity index (χ0) is 14.5. The lowest BCUT2D eigenvalue weighted by molar-refractivity contribution is -0.131. The molecule has 5 heteroatoms. The van der Waals surface area contributed by atoms with Crippen molar-refractivity contribution in [1.82, 2.24) is 0 Å². The lowest BCUT2D eigenvalue weighted by atomic mass is 10.1. The van der Waals surface area contributed by atoms with Gasteiger partial charge in [-0.3, -0.25) is 0 Å². The molecule has 1 fully saturated rings. The normalized spacial score (nSPS) is 14.2. The number of carboxylic acids is 1. The third-order valence-corrected chi connectivity index (χ3v) is 3.45. The maximum atomic E-state index is 10.5. The number of nitriles is 1. The summed E-state index contributed by atoms with van der Waals surface area (Å²) in [5, 5.41) is 17.9. The van der Waals surface area contributed by atoms with Crippen LogP contribution in [0.15, 0.2) is 24.3 Å². The molecule has 0 saturated heterocycles. The van der Waals surface area contributed by atoms with Gasteiger partial charge < -0.3 is 10.0 Å². The van der Waals surface area contributed by atoms with Gasteiger partial charge in [0.25, 0.3) is 0 Å². The largest absolute Gasteiger partial charge is 0.478 e. The van der Waals surface area contributed by atoms with Crippen LogP contribution in [-0.4, -0.2) is 23.7 Å². The van der Waals surface area contributed by atoms with E-state index in [9.17, 15) is 4.79 Å². The Morgan fingerprint density at radius 2 is 2.30 bits per heavy atom. The molecular formula is C15H15ClN2O2. The van der Waals surface area contributed by atoms with Gasteiger partial charge in [-0.1, -0.05) is 17.7 Å². The molecule has 2 rings (SSSR count). The van der Waals surface area contributed by atoms with Crippen LogP contribution in [0.5, 0.6) is 0 Å². The Hall–Kier alpha value is -1.99. The lowest BCUT2D eigenvalue weighted by Crippen LogP contribution is -2.26. The Labute approximate surface area is 122 Å². The van der Waals surface area contributed by atoms with Gasteiger partial charge in [0.2, 0.25) is 0 Å². The average Bonchev–Trinajstić information content (AvgIpc) is 3.23. The van der Waals surface area contributed by atoms with Crippen LogP contribution in [0, 0.1) is 11.3 Å². The summed E-state index contributed by atoms with van der Waals surface area (Å²) in [6.07, 6.45) is 5.31. The Balaban J connectivity index is 2.19. The van der Waals surface area contributed by atoms with E-state index in [2.05, 4.69) is 11.0 Å². The molecule has 104 valence electrons. The molecule has 4 nitrogen and oxygen atoms in total. The summed E-state index contributed by atoms with van der Waals surface area (Å²) in [4.78, 5) is 12.7. The molecule has 0 aliphatic heterocycles. The van der Waals surface area contributed by atoms with Crippen molar-refractivity contribution < 1.29 is 9.90 Å². The standard InChI is InChI=1S/C15H15ClN2O2/c16-13-10-11(3-7-15(19)20)2-6-14(13)18(9-1-8-17)12-4-5-12/h2-3,6-7,10,12H,1,4-5,9H2,(H,19,20)/b7-3+. The van der Waals surface area contributed by atoms with E-state index in [1.807, 2.05) is 12.1 Å². The summed E-state index contributed by atoms with van der Waals surface area (Å²) in [7, 11) is 0. The zero-order valence-corrected chi connectivity index (χ0v) is 11.7. The second-order valence-electron chi connectivity index (χ2n) is 4.72. The van der Waals surface area contributed by atoms with E-state index in [0.29, 0.717) is 24.0 Å². The van der Waals surface area contributed by atoms with Gasteiger partial charge >= 0.3 is 5.97 Å². The molecule has 1 N–H and O–H groups in total. The molecule has 0 heterocycles. The Morgan fingerprint density at radius 1 is 1.55 bits per heavy atom. The topological polar surface area (TPSA) is 64.3 Å². The van der Waals surface area contributed by atoms with Gasteiger partial charge in [0.1, 0.15) is 0 Å². The van der Waals surface area contributed by atoms with E-state index in [1.54, 1.807) is 6.07 Å². The summed E-state index contributed by atoms with van der Waals surface area (Å²) in [6.45, 7) is 0.672. The van der Waals surface area contributed by atoms with E-state index < -0.39 is 5.97 Å². The van der Waals surface area contributed by atoms with Crippen molar-refractivity contribution >= 4 is 29.3 Å². The fourth-order valence-electron chi connectivity index (χ4n) is 2.08. The number of carboxylic acid groups (broad SMARTS) is 1. The van der Waals surface area contributed by atoms with Crippen LogP contribution in [-0.2, 0) is 4.79 Å². The maximum Gasteiger partial charge on any atom is 0.328 e. The molecular weight excluding hydrogens is 276 g/mol. The first kappa shape index (κ1) is 14.4. The van der Waals surface area contributed by atoms with Crippen LogP contribution < -0.4 is 4.90 Å². The van der Waals surface area contributed by atoms with Gasteiger partial charge in [-0.2, -0.15) is 5.26 Å². The molecule has 1 aliphatic carbocycles. The number of hydrogen-bond acceptors (Lipinski definition) is 3. The van der Waals surface area contributed by atoms with Gasteiger partial charge in [0, 0.05) is 18.7 Å². The fraction of sp³-hybridized carbons (Fsp3) is 0.333. The van der Waals surface area contributed by atoms with Crippen LogP contribution >= 0.6 is 11.6 Å². The summed E-state index contributed by atoms with van der Waals surface area (Å²) in [6, 6.07) is 8.10. The van der Waals surface area contributed by atoms with Gasteiger partial charge in [0.05, 0.1) is 23.2 Å². The number of hydrogen-bond donors (Lipinski definition) is 1. The van der Waals surface area contributed by atoms with Crippen molar-refractivity contribution in [3.8, 4) is 6.07 Å². The molecule has 1 aliphatic rings. The molecule has 1 aromatic carbocycles. The van der Waals surface area contributed by atoms with Crippen molar-refractivity contribution in [2.45, 2.75) is 25.3 Å². The van der Waals surface area contributed by atoms with Crippen LogP contribution in [0.25, 0.3) is 6.08 Å². The lowest BCUT2D eigenvalue weighted by Gasteiger charge is -2.24. The SMILES string of the molecule is N#CCCN(c1ccc(/C=C/C(=O)O)cc1Cl)C1CC1. The van der Waals surface area contributed by atoms with E-state index in [1.165, 1.54) is 6.08 Å². The third kappa shape index (κ3) is 3.75. The highest BCUT2D eigenvalue weighted by molar-refractivity contribution is 6.33. The molecule has 0 amide bonds. The van der Waals surface area contributed by atoms with Crippen LogP contribution in [0.2, 0.25) is 5.02 Å². The van der Waals surface area contributed by atoms with Gasteiger partial charge in [-0.05, 0) is 36.6 Å².